The van der Waals surface area contributed by atoms with Gasteiger partial charge in [-0.1, -0.05) is 26.3 Å². The zero-order chi connectivity index (χ0) is 23.9. The standard InChI is InChI=1S/C27H34N4O3/c1-3-31(4-2)15-7-5-6-14-29-24-12-11-22(27(28)32)21-10-8-19(16-23(21)24)30-20-9-13-25-26(17-20)34-18-33-25/h8-13,16-17,29-30H,3-7,14-15,18H2,1-2H3,(H2,28,32). The monoisotopic (exact) mass is 462 g/mol. The molecule has 34 heavy (non-hydrogen) atoms. The van der Waals surface area contributed by atoms with Crippen molar-refractivity contribution in [1.29, 1.82) is 0 Å². The molecule has 0 unspecified atom stereocenters. The summed E-state index contributed by atoms with van der Waals surface area (Å²) in [7, 11) is 0. The van der Waals surface area contributed by atoms with Crippen LogP contribution in [0.5, 0.6) is 11.5 Å². The van der Waals surface area contributed by atoms with Gasteiger partial charge in [-0.3, -0.25) is 4.79 Å². The van der Waals surface area contributed by atoms with Gasteiger partial charge in [0.05, 0.1) is 0 Å². The number of carbonyl (C=O) groups excluding carboxylic acids is 1. The summed E-state index contributed by atoms with van der Waals surface area (Å²) in [5, 5.41) is 8.79. The first-order chi connectivity index (χ1) is 16.6. The zero-order valence-corrected chi connectivity index (χ0v) is 20.0. The van der Waals surface area contributed by atoms with Crippen LogP contribution in [-0.4, -0.2) is 43.8 Å². The maximum atomic E-state index is 12.0. The quantitative estimate of drug-likeness (QED) is 0.315. The van der Waals surface area contributed by atoms with Gasteiger partial charge in [0.1, 0.15) is 0 Å². The highest BCUT2D eigenvalue weighted by atomic mass is 16.7. The minimum absolute atomic E-state index is 0.245. The number of nitrogens with two attached hydrogens (primary N) is 1. The van der Waals surface area contributed by atoms with Crippen molar-refractivity contribution in [1.82, 2.24) is 4.90 Å². The summed E-state index contributed by atoms with van der Waals surface area (Å²) in [4.78, 5) is 14.5. The van der Waals surface area contributed by atoms with Crippen LogP contribution in [0.1, 0.15) is 43.5 Å². The second-order valence-electron chi connectivity index (χ2n) is 8.49. The van der Waals surface area contributed by atoms with Gasteiger partial charge in [-0.25, -0.2) is 0 Å². The van der Waals surface area contributed by atoms with Gasteiger partial charge >= 0.3 is 0 Å². The number of nitrogens with one attached hydrogen (secondary N) is 2. The van der Waals surface area contributed by atoms with Gasteiger partial charge < -0.3 is 30.7 Å². The molecule has 7 heteroatoms. The molecule has 0 fully saturated rings. The largest absolute Gasteiger partial charge is 0.454 e. The van der Waals surface area contributed by atoms with E-state index in [1.807, 2.05) is 36.4 Å². The van der Waals surface area contributed by atoms with Gasteiger partial charge in [0.15, 0.2) is 11.5 Å². The van der Waals surface area contributed by atoms with Crippen LogP contribution in [0.15, 0.2) is 48.5 Å². The van der Waals surface area contributed by atoms with Crippen LogP contribution in [0.2, 0.25) is 0 Å². The minimum Gasteiger partial charge on any atom is -0.454 e. The highest BCUT2D eigenvalue weighted by molar-refractivity contribution is 6.10. The molecular formula is C27H34N4O3. The van der Waals surface area contributed by atoms with Crippen molar-refractivity contribution in [3.63, 3.8) is 0 Å². The fraction of sp³-hybridized carbons (Fsp3) is 0.370. The van der Waals surface area contributed by atoms with Crippen LogP contribution in [0.25, 0.3) is 10.8 Å². The molecule has 0 atom stereocenters. The summed E-state index contributed by atoms with van der Waals surface area (Å²) < 4.78 is 10.9. The summed E-state index contributed by atoms with van der Waals surface area (Å²) in [6.07, 6.45) is 3.47. The molecule has 1 heterocycles. The third-order valence-electron chi connectivity index (χ3n) is 6.30. The van der Waals surface area contributed by atoms with E-state index >= 15 is 0 Å². The Bertz CT molecular complexity index is 1140. The Morgan fingerprint density at radius 1 is 0.912 bits per heavy atom. The molecule has 4 rings (SSSR count). The molecule has 0 radical (unpaired) electrons. The van der Waals surface area contributed by atoms with Gasteiger partial charge in [0, 0.05) is 40.6 Å². The Labute approximate surface area is 201 Å². The number of nitrogens with zero attached hydrogens (tertiary/aromatic N) is 1. The molecule has 0 aliphatic carbocycles. The van der Waals surface area contributed by atoms with E-state index in [9.17, 15) is 4.79 Å². The SMILES string of the molecule is CCN(CC)CCCCCNc1ccc(C(N)=O)c2ccc(Nc3ccc4c(c3)OCO4)cc12. The number of fused-ring (bicyclic) bond motifs is 2. The van der Waals surface area contributed by atoms with Gasteiger partial charge in [0.2, 0.25) is 12.7 Å². The van der Waals surface area contributed by atoms with E-state index in [2.05, 4.69) is 35.4 Å². The number of benzene rings is 3. The Hall–Kier alpha value is -3.45. The highest BCUT2D eigenvalue weighted by Gasteiger charge is 2.14. The van der Waals surface area contributed by atoms with Gasteiger partial charge in [-0.15, -0.1) is 0 Å². The van der Waals surface area contributed by atoms with Crippen molar-refractivity contribution in [2.45, 2.75) is 33.1 Å². The number of anilines is 3. The van der Waals surface area contributed by atoms with E-state index in [-0.39, 0.29) is 6.79 Å². The maximum absolute atomic E-state index is 12.0. The highest BCUT2D eigenvalue weighted by Crippen LogP contribution is 2.36. The summed E-state index contributed by atoms with van der Waals surface area (Å²) in [5.41, 5.74) is 8.97. The lowest BCUT2D eigenvalue weighted by Gasteiger charge is -2.17. The van der Waals surface area contributed by atoms with Gasteiger partial charge in [-0.05, 0) is 74.3 Å². The zero-order valence-electron chi connectivity index (χ0n) is 20.0. The third-order valence-corrected chi connectivity index (χ3v) is 6.30. The number of rotatable bonds is 12. The number of hydrogen-bond donors (Lipinski definition) is 3. The van der Waals surface area contributed by atoms with Gasteiger partial charge in [-0.2, -0.15) is 0 Å². The lowest BCUT2D eigenvalue weighted by atomic mass is 10.0. The van der Waals surface area contributed by atoms with Crippen LogP contribution in [0.4, 0.5) is 17.1 Å². The molecule has 7 nitrogen and oxygen atoms in total. The Balaban J connectivity index is 1.47. The van der Waals surface area contributed by atoms with E-state index in [4.69, 9.17) is 15.2 Å². The molecule has 3 aromatic rings. The molecule has 0 aromatic heterocycles. The summed E-state index contributed by atoms with van der Waals surface area (Å²) >= 11 is 0. The second kappa shape index (κ2) is 11.1. The molecule has 0 bridgehead atoms. The average molecular weight is 463 g/mol. The molecule has 3 aromatic carbocycles. The molecular weight excluding hydrogens is 428 g/mol. The van der Waals surface area contributed by atoms with Crippen LogP contribution < -0.4 is 25.8 Å². The predicted octanol–water partition coefficient (Wildman–Crippen LogP) is 5.34. The van der Waals surface area contributed by atoms with E-state index in [1.165, 1.54) is 12.8 Å². The number of carbonyl (C=O) groups is 1. The molecule has 1 amide bonds. The molecule has 180 valence electrons. The fourth-order valence-corrected chi connectivity index (χ4v) is 4.34. The van der Waals surface area contributed by atoms with Crippen LogP contribution in [-0.2, 0) is 0 Å². The summed E-state index contributed by atoms with van der Waals surface area (Å²) in [5.74, 6) is 1.05. The van der Waals surface area contributed by atoms with Crippen LogP contribution >= 0.6 is 0 Å². The maximum Gasteiger partial charge on any atom is 0.249 e. The van der Waals surface area contributed by atoms with Crippen molar-refractivity contribution >= 4 is 33.7 Å². The predicted molar refractivity (Wildman–Crippen MR) is 138 cm³/mol. The van der Waals surface area contributed by atoms with Crippen LogP contribution in [0, 0.1) is 0 Å². The fourth-order valence-electron chi connectivity index (χ4n) is 4.34. The molecule has 1 aliphatic heterocycles. The van der Waals surface area contributed by atoms with Gasteiger partial charge in [0.25, 0.3) is 0 Å². The first-order valence-corrected chi connectivity index (χ1v) is 12.1. The van der Waals surface area contributed by atoms with Crippen molar-refractivity contribution in [2.75, 3.05) is 43.6 Å². The number of ether oxygens (including phenoxy) is 2. The number of hydrogen-bond acceptors (Lipinski definition) is 6. The average Bonchev–Trinajstić information content (AvgIpc) is 3.31. The number of unbranched alkanes of at least 4 members (excludes halogenated alkanes) is 2. The van der Waals surface area contributed by atoms with Crippen LogP contribution in [0.3, 0.4) is 0 Å². The first kappa shape index (κ1) is 23.7. The van der Waals surface area contributed by atoms with Crippen molar-refractivity contribution < 1.29 is 14.3 Å². The van der Waals surface area contributed by atoms with Crippen molar-refractivity contribution in [3.8, 4) is 11.5 Å². The number of amides is 1. The first-order valence-electron chi connectivity index (χ1n) is 12.1. The molecule has 0 spiro atoms. The normalized spacial score (nSPS) is 12.3. The Morgan fingerprint density at radius 3 is 2.47 bits per heavy atom. The van der Waals surface area contributed by atoms with E-state index in [0.717, 1.165) is 71.9 Å². The second-order valence-corrected chi connectivity index (χ2v) is 8.49. The lowest BCUT2D eigenvalue weighted by molar-refractivity contribution is 0.100. The smallest absolute Gasteiger partial charge is 0.249 e. The van der Waals surface area contributed by atoms with E-state index in [0.29, 0.717) is 5.56 Å². The van der Waals surface area contributed by atoms with E-state index in [1.54, 1.807) is 6.07 Å². The summed E-state index contributed by atoms with van der Waals surface area (Å²) in [6.45, 7) is 8.91. The minimum atomic E-state index is -0.426. The molecule has 0 saturated heterocycles. The molecule has 0 saturated carbocycles. The van der Waals surface area contributed by atoms with E-state index < -0.39 is 5.91 Å². The Kier molecular flexibility index (Phi) is 7.75. The Morgan fingerprint density at radius 2 is 1.68 bits per heavy atom. The summed E-state index contributed by atoms with van der Waals surface area (Å²) in [6, 6.07) is 15.5. The van der Waals surface area contributed by atoms with Crippen molar-refractivity contribution in [2.24, 2.45) is 5.73 Å². The molecule has 4 N–H and O–H groups in total. The lowest BCUT2D eigenvalue weighted by Crippen LogP contribution is -2.23. The number of primary amides is 1. The topological polar surface area (TPSA) is 88.9 Å². The molecule has 1 aliphatic rings. The third kappa shape index (κ3) is 5.54. The van der Waals surface area contributed by atoms with Crippen molar-refractivity contribution in [3.05, 3.63) is 54.1 Å².